The summed E-state index contributed by atoms with van der Waals surface area (Å²) in [4.78, 5) is 30.1. The Bertz CT molecular complexity index is 471. The number of carbonyl (C=O) groups excluding carboxylic acids is 2. The Kier molecular flexibility index (Phi) is 2.29. The zero-order valence-electron chi connectivity index (χ0n) is 11.0. The minimum atomic E-state index is -0.423. The molecular weight excluding hydrogens is 242 g/mol. The van der Waals surface area contributed by atoms with Crippen LogP contribution in [0.15, 0.2) is 4.99 Å². The maximum absolute atomic E-state index is 12.0. The summed E-state index contributed by atoms with van der Waals surface area (Å²) in [7, 11) is 0. The Morgan fingerprint density at radius 3 is 3.00 bits per heavy atom. The van der Waals surface area contributed by atoms with Gasteiger partial charge in [-0.15, -0.1) is 0 Å². The van der Waals surface area contributed by atoms with Gasteiger partial charge in [0.1, 0.15) is 5.54 Å². The van der Waals surface area contributed by atoms with E-state index in [4.69, 9.17) is 0 Å². The van der Waals surface area contributed by atoms with Gasteiger partial charge in [0, 0.05) is 19.0 Å². The summed E-state index contributed by atoms with van der Waals surface area (Å²) in [5, 5.41) is 2.68. The molecule has 2 aliphatic carbocycles. The van der Waals surface area contributed by atoms with E-state index in [1.165, 1.54) is 0 Å². The van der Waals surface area contributed by atoms with Crippen molar-refractivity contribution >= 4 is 18.2 Å². The normalized spacial score (nSPS) is 40.0. The number of amides is 2. The van der Waals surface area contributed by atoms with Crippen molar-refractivity contribution in [2.45, 2.75) is 37.6 Å². The molecule has 3 unspecified atom stereocenters. The van der Waals surface area contributed by atoms with Crippen molar-refractivity contribution in [2.75, 3.05) is 13.1 Å². The molecule has 102 valence electrons. The van der Waals surface area contributed by atoms with Crippen molar-refractivity contribution in [1.29, 1.82) is 0 Å². The molecule has 5 heteroatoms. The molecule has 4 rings (SSSR count). The fourth-order valence-corrected chi connectivity index (χ4v) is 3.64. The van der Waals surface area contributed by atoms with Crippen LogP contribution < -0.4 is 5.32 Å². The molecule has 2 aliphatic heterocycles. The lowest BCUT2D eigenvalue weighted by Crippen LogP contribution is -2.30. The summed E-state index contributed by atoms with van der Waals surface area (Å²) < 4.78 is 0. The Balaban J connectivity index is 1.32. The van der Waals surface area contributed by atoms with E-state index in [1.54, 1.807) is 6.34 Å². The largest absolute Gasteiger partial charge is 0.342 e. The van der Waals surface area contributed by atoms with Gasteiger partial charge >= 0.3 is 0 Å². The number of rotatable bonds is 3. The minimum Gasteiger partial charge on any atom is -0.342 e. The molecule has 2 saturated carbocycles. The van der Waals surface area contributed by atoms with Crippen molar-refractivity contribution in [3.63, 3.8) is 0 Å². The van der Waals surface area contributed by atoms with Crippen molar-refractivity contribution < 1.29 is 9.59 Å². The molecule has 2 amide bonds. The second-order valence-corrected chi connectivity index (χ2v) is 6.51. The van der Waals surface area contributed by atoms with Gasteiger partial charge in [-0.25, -0.2) is 0 Å². The van der Waals surface area contributed by atoms with Crippen LogP contribution in [0.2, 0.25) is 0 Å². The van der Waals surface area contributed by atoms with E-state index in [-0.39, 0.29) is 5.91 Å². The zero-order chi connectivity index (χ0) is 13.0. The summed E-state index contributed by atoms with van der Waals surface area (Å²) in [5.41, 5.74) is -0.423. The lowest BCUT2D eigenvalue weighted by atomic mass is 9.99. The summed E-state index contributed by atoms with van der Waals surface area (Å²) >= 11 is 0. The highest BCUT2D eigenvalue weighted by Gasteiger charge is 2.62. The Morgan fingerprint density at radius 1 is 1.47 bits per heavy atom. The molecule has 0 aromatic rings. The van der Waals surface area contributed by atoms with Gasteiger partial charge in [0.15, 0.2) is 0 Å². The Labute approximate surface area is 112 Å². The van der Waals surface area contributed by atoms with Crippen LogP contribution in [0.4, 0.5) is 0 Å². The molecule has 19 heavy (non-hydrogen) atoms. The number of aliphatic imine (C=N–C) groups is 1. The van der Waals surface area contributed by atoms with Gasteiger partial charge in [0.05, 0.1) is 6.34 Å². The van der Waals surface area contributed by atoms with Gasteiger partial charge in [-0.3, -0.25) is 14.6 Å². The van der Waals surface area contributed by atoms with Gasteiger partial charge in [-0.05, 0) is 43.9 Å². The van der Waals surface area contributed by atoms with Crippen LogP contribution >= 0.6 is 0 Å². The SMILES string of the molecule is O=C(C1CC1)N1CCC(CC2CC23N=CNC3=O)C1. The number of carbonyl (C=O) groups is 2. The lowest BCUT2D eigenvalue weighted by molar-refractivity contribution is -0.131. The summed E-state index contributed by atoms with van der Waals surface area (Å²) in [5.74, 6) is 1.73. The first kappa shape index (κ1) is 11.4. The van der Waals surface area contributed by atoms with Crippen LogP contribution in [0.3, 0.4) is 0 Å². The van der Waals surface area contributed by atoms with Gasteiger partial charge < -0.3 is 10.2 Å². The van der Waals surface area contributed by atoms with E-state index in [1.807, 2.05) is 4.90 Å². The van der Waals surface area contributed by atoms with Crippen molar-refractivity contribution in [1.82, 2.24) is 10.2 Å². The Hall–Kier alpha value is -1.39. The molecular formula is C14H19N3O2. The average molecular weight is 261 g/mol. The number of likely N-dealkylation sites (tertiary alicyclic amines) is 1. The molecule has 0 aromatic heterocycles. The minimum absolute atomic E-state index is 0.0707. The van der Waals surface area contributed by atoms with Crippen LogP contribution in [0, 0.1) is 17.8 Å². The maximum atomic E-state index is 12.0. The smallest absolute Gasteiger partial charge is 0.253 e. The molecule has 1 N–H and O–H groups in total. The van der Waals surface area contributed by atoms with E-state index < -0.39 is 5.54 Å². The molecule has 0 bridgehead atoms. The second kappa shape index (κ2) is 3.81. The van der Waals surface area contributed by atoms with Crippen LogP contribution in [0.1, 0.15) is 32.1 Å². The summed E-state index contributed by atoms with van der Waals surface area (Å²) in [6.45, 7) is 1.81. The quantitative estimate of drug-likeness (QED) is 0.806. The molecule has 4 aliphatic rings. The van der Waals surface area contributed by atoms with Crippen LogP contribution in [0.25, 0.3) is 0 Å². The molecule has 5 nitrogen and oxygen atoms in total. The van der Waals surface area contributed by atoms with E-state index in [0.717, 1.165) is 45.2 Å². The third kappa shape index (κ3) is 1.78. The van der Waals surface area contributed by atoms with Crippen molar-refractivity contribution in [3.8, 4) is 0 Å². The molecule has 2 heterocycles. The highest BCUT2D eigenvalue weighted by Crippen LogP contribution is 2.52. The number of hydrogen-bond donors (Lipinski definition) is 1. The van der Waals surface area contributed by atoms with Crippen LogP contribution in [-0.2, 0) is 9.59 Å². The van der Waals surface area contributed by atoms with E-state index in [2.05, 4.69) is 10.3 Å². The fraction of sp³-hybridized carbons (Fsp3) is 0.786. The van der Waals surface area contributed by atoms with Crippen molar-refractivity contribution in [2.24, 2.45) is 22.7 Å². The summed E-state index contributed by atoms with van der Waals surface area (Å²) in [6, 6.07) is 0. The van der Waals surface area contributed by atoms with Gasteiger partial charge in [0.25, 0.3) is 5.91 Å². The first-order valence-corrected chi connectivity index (χ1v) is 7.32. The number of nitrogens with one attached hydrogen (secondary N) is 1. The number of hydrogen-bond acceptors (Lipinski definition) is 3. The number of nitrogens with zero attached hydrogens (tertiary/aromatic N) is 2. The first-order valence-electron chi connectivity index (χ1n) is 7.32. The van der Waals surface area contributed by atoms with Gasteiger partial charge in [-0.1, -0.05) is 0 Å². The Morgan fingerprint density at radius 2 is 2.32 bits per heavy atom. The van der Waals surface area contributed by atoms with Gasteiger partial charge in [0.2, 0.25) is 5.91 Å². The van der Waals surface area contributed by atoms with Gasteiger partial charge in [-0.2, -0.15) is 0 Å². The molecule has 1 spiro atoms. The molecule has 1 saturated heterocycles. The molecule has 0 aromatic carbocycles. The standard InChI is InChI=1S/C14H19N3O2/c18-12(10-1-2-10)17-4-3-9(7-17)5-11-6-14(11)13(19)15-8-16-14/h8-11H,1-7H2,(H,15,16,19). The first-order chi connectivity index (χ1) is 9.19. The van der Waals surface area contributed by atoms with Crippen molar-refractivity contribution in [3.05, 3.63) is 0 Å². The van der Waals surface area contributed by atoms with E-state index in [0.29, 0.717) is 23.7 Å². The van der Waals surface area contributed by atoms with E-state index >= 15 is 0 Å². The summed E-state index contributed by atoms with van der Waals surface area (Å²) in [6.07, 6.45) is 6.74. The van der Waals surface area contributed by atoms with E-state index in [9.17, 15) is 9.59 Å². The zero-order valence-corrected chi connectivity index (χ0v) is 11.0. The maximum Gasteiger partial charge on any atom is 0.253 e. The molecule has 0 radical (unpaired) electrons. The predicted molar refractivity (Wildman–Crippen MR) is 69.5 cm³/mol. The second-order valence-electron chi connectivity index (χ2n) is 6.51. The third-order valence-electron chi connectivity index (χ3n) is 5.10. The fourth-order valence-electron chi connectivity index (χ4n) is 3.64. The third-order valence-corrected chi connectivity index (χ3v) is 5.10. The molecule has 3 atom stereocenters. The topological polar surface area (TPSA) is 61.8 Å². The average Bonchev–Trinajstić information content (AvgIpc) is 3.25. The predicted octanol–water partition coefficient (Wildman–Crippen LogP) is 0.552. The monoisotopic (exact) mass is 261 g/mol. The highest BCUT2D eigenvalue weighted by molar-refractivity contribution is 6.02. The lowest BCUT2D eigenvalue weighted by Gasteiger charge is -2.16. The van der Waals surface area contributed by atoms with Crippen LogP contribution in [0.5, 0.6) is 0 Å². The highest BCUT2D eigenvalue weighted by atomic mass is 16.2. The molecule has 3 fully saturated rings. The van der Waals surface area contributed by atoms with Crippen LogP contribution in [-0.4, -0.2) is 41.7 Å².